The molecule has 0 unspecified atom stereocenters. The molecule has 0 aliphatic carbocycles. The van der Waals surface area contributed by atoms with E-state index in [1.54, 1.807) is 6.92 Å². The van der Waals surface area contributed by atoms with Gasteiger partial charge in [0.15, 0.2) is 5.78 Å². The molecule has 0 N–H and O–H groups in total. The van der Waals surface area contributed by atoms with Gasteiger partial charge < -0.3 is 14.2 Å². The summed E-state index contributed by atoms with van der Waals surface area (Å²) in [5.74, 6) is -2.53. The molecule has 6 nitrogen and oxygen atoms in total. The minimum Gasteiger partial charge on any atom is -0.460 e. The van der Waals surface area contributed by atoms with Crippen LogP contribution >= 0.6 is 0 Å². The molecule has 0 aromatic rings. The minimum absolute atomic E-state index is 0.0940. The lowest BCUT2D eigenvalue weighted by molar-refractivity contribution is -0.162. The van der Waals surface area contributed by atoms with Crippen LogP contribution in [-0.2, 0) is 28.6 Å². The molecule has 0 heterocycles. The summed E-state index contributed by atoms with van der Waals surface area (Å²) < 4.78 is 13.7. The van der Waals surface area contributed by atoms with Crippen molar-refractivity contribution in [2.24, 2.45) is 0 Å². The molecule has 0 saturated carbocycles. The van der Waals surface area contributed by atoms with Crippen LogP contribution in [0.3, 0.4) is 0 Å². The van der Waals surface area contributed by atoms with Crippen LogP contribution in [0.1, 0.15) is 13.3 Å². The predicted octanol–water partition coefficient (Wildman–Crippen LogP) is -0.303. The normalized spacial score (nSPS) is 10.1. The predicted molar refractivity (Wildman–Crippen MR) is 49.1 cm³/mol. The Morgan fingerprint density at radius 1 is 1.13 bits per heavy atom. The number of ether oxygens (including phenoxy) is 3. The Labute approximate surface area is 87.5 Å². The Balaban J connectivity index is 4.17. The number of hydrogen-bond donors (Lipinski definition) is 0. The molecular formula is C9H14O6. The molecule has 0 aromatic heterocycles. The van der Waals surface area contributed by atoms with Gasteiger partial charge in [-0.3, -0.25) is 9.59 Å². The first-order chi connectivity index (χ1) is 7.06. The molecule has 6 heteroatoms. The quantitative estimate of drug-likeness (QED) is 0.252. The van der Waals surface area contributed by atoms with Crippen LogP contribution in [0.25, 0.3) is 0 Å². The van der Waals surface area contributed by atoms with Gasteiger partial charge in [-0.05, 0) is 6.92 Å². The van der Waals surface area contributed by atoms with E-state index in [0.29, 0.717) is 0 Å². The zero-order valence-corrected chi connectivity index (χ0v) is 8.94. The molecule has 0 aliphatic heterocycles. The van der Waals surface area contributed by atoms with Gasteiger partial charge in [0, 0.05) is 14.2 Å². The lowest BCUT2D eigenvalue weighted by Crippen LogP contribution is -2.30. The summed E-state index contributed by atoms with van der Waals surface area (Å²) in [5, 5.41) is 0. The average molecular weight is 218 g/mol. The molecule has 15 heavy (non-hydrogen) atoms. The number of Topliss-reactive ketones (excluding diaryl/α,β-unsaturated/α-hetero) is 2. The second-order valence-corrected chi connectivity index (χ2v) is 2.59. The Morgan fingerprint density at radius 2 is 1.67 bits per heavy atom. The van der Waals surface area contributed by atoms with Gasteiger partial charge in [-0.25, -0.2) is 4.79 Å². The van der Waals surface area contributed by atoms with Crippen molar-refractivity contribution in [1.29, 1.82) is 0 Å². The second-order valence-electron chi connectivity index (χ2n) is 2.59. The Morgan fingerprint density at radius 3 is 2.07 bits per heavy atom. The fourth-order valence-corrected chi connectivity index (χ4v) is 0.884. The van der Waals surface area contributed by atoms with Crippen molar-refractivity contribution in [2.75, 3.05) is 20.8 Å². The first kappa shape index (κ1) is 13.7. The van der Waals surface area contributed by atoms with Gasteiger partial charge in [-0.15, -0.1) is 0 Å². The molecular weight excluding hydrogens is 204 g/mol. The molecule has 0 fully saturated rings. The highest BCUT2D eigenvalue weighted by Gasteiger charge is 2.24. The highest BCUT2D eigenvalue weighted by molar-refractivity contribution is 6.37. The van der Waals surface area contributed by atoms with Crippen LogP contribution in [0.2, 0.25) is 0 Å². The third-order valence-corrected chi connectivity index (χ3v) is 1.53. The van der Waals surface area contributed by atoms with Gasteiger partial charge in [-0.1, -0.05) is 0 Å². The standard InChI is InChI=1S/C9H14O6/c1-4-15-8(12)6(10)5-7(11)9(13-2)14-3/h9H,4-5H2,1-3H3. The van der Waals surface area contributed by atoms with Crippen molar-refractivity contribution in [1.82, 2.24) is 0 Å². The number of carbonyl (C=O) groups excluding carboxylic acids is 3. The van der Waals surface area contributed by atoms with Crippen LogP contribution in [0.4, 0.5) is 0 Å². The van der Waals surface area contributed by atoms with Crippen molar-refractivity contribution in [3.05, 3.63) is 0 Å². The summed E-state index contributed by atoms with van der Waals surface area (Å²) in [6, 6.07) is 0. The molecule has 86 valence electrons. The zero-order valence-electron chi connectivity index (χ0n) is 8.94. The number of hydrogen-bond acceptors (Lipinski definition) is 6. The van der Waals surface area contributed by atoms with E-state index in [2.05, 4.69) is 14.2 Å². The van der Waals surface area contributed by atoms with Gasteiger partial charge in [0.05, 0.1) is 13.0 Å². The number of esters is 1. The lowest BCUT2D eigenvalue weighted by atomic mass is 10.2. The lowest BCUT2D eigenvalue weighted by Gasteiger charge is -2.10. The Hall–Kier alpha value is -1.27. The fourth-order valence-electron chi connectivity index (χ4n) is 0.884. The number of rotatable bonds is 7. The second kappa shape index (κ2) is 7.08. The van der Waals surface area contributed by atoms with Crippen LogP contribution in [0, 0.1) is 0 Å². The maximum absolute atomic E-state index is 11.2. The van der Waals surface area contributed by atoms with Crippen LogP contribution < -0.4 is 0 Å². The summed E-state index contributed by atoms with van der Waals surface area (Å²) in [6.45, 7) is 1.66. The topological polar surface area (TPSA) is 78.9 Å². The van der Waals surface area contributed by atoms with Crippen molar-refractivity contribution < 1.29 is 28.6 Å². The maximum atomic E-state index is 11.2. The molecule has 0 amide bonds. The highest BCUT2D eigenvalue weighted by Crippen LogP contribution is 1.99. The first-order valence-electron chi connectivity index (χ1n) is 4.35. The SMILES string of the molecule is CCOC(=O)C(=O)CC(=O)C(OC)OC. The monoisotopic (exact) mass is 218 g/mol. The number of carbonyl (C=O) groups is 3. The van der Waals surface area contributed by atoms with E-state index in [1.165, 1.54) is 14.2 Å². The van der Waals surface area contributed by atoms with E-state index in [9.17, 15) is 14.4 Å². The van der Waals surface area contributed by atoms with E-state index in [0.717, 1.165) is 0 Å². The van der Waals surface area contributed by atoms with E-state index >= 15 is 0 Å². The fraction of sp³-hybridized carbons (Fsp3) is 0.667. The molecule has 0 aliphatic rings. The summed E-state index contributed by atoms with van der Waals surface area (Å²) >= 11 is 0. The summed E-state index contributed by atoms with van der Waals surface area (Å²) in [6.07, 6.45) is -1.70. The molecule has 0 atom stereocenters. The van der Waals surface area contributed by atoms with Gasteiger partial charge in [0.25, 0.3) is 0 Å². The largest absolute Gasteiger partial charge is 0.460 e. The van der Waals surface area contributed by atoms with Crippen molar-refractivity contribution in [3.8, 4) is 0 Å². The van der Waals surface area contributed by atoms with Gasteiger partial charge in [0.2, 0.25) is 12.1 Å². The molecule has 0 rings (SSSR count). The van der Waals surface area contributed by atoms with Crippen molar-refractivity contribution >= 4 is 17.5 Å². The summed E-state index contributed by atoms with van der Waals surface area (Å²) in [7, 11) is 2.53. The van der Waals surface area contributed by atoms with Crippen molar-refractivity contribution in [2.45, 2.75) is 19.6 Å². The Bertz CT molecular complexity index is 243. The van der Waals surface area contributed by atoms with Crippen LogP contribution in [0.15, 0.2) is 0 Å². The minimum atomic E-state index is -1.12. The number of ketones is 2. The maximum Gasteiger partial charge on any atom is 0.375 e. The van der Waals surface area contributed by atoms with Gasteiger partial charge >= 0.3 is 5.97 Å². The summed E-state index contributed by atoms with van der Waals surface area (Å²) in [4.78, 5) is 33.2. The van der Waals surface area contributed by atoms with E-state index in [1.807, 2.05) is 0 Å². The van der Waals surface area contributed by atoms with Gasteiger partial charge in [-0.2, -0.15) is 0 Å². The van der Waals surface area contributed by atoms with Crippen molar-refractivity contribution in [3.63, 3.8) is 0 Å². The van der Waals surface area contributed by atoms with Gasteiger partial charge in [0.1, 0.15) is 0 Å². The molecule has 0 aromatic carbocycles. The number of methoxy groups -OCH3 is 2. The zero-order chi connectivity index (χ0) is 11.8. The average Bonchev–Trinajstić information content (AvgIpc) is 2.19. The highest BCUT2D eigenvalue weighted by atomic mass is 16.7. The smallest absolute Gasteiger partial charge is 0.375 e. The molecule has 0 bridgehead atoms. The van der Waals surface area contributed by atoms with Crippen LogP contribution in [0.5, 0.6) is 0 Å². The van der Waals surface area contributed by atoms with E-state index < -0.39 is 30.2 Å². The third-order valence-electron chi connectivity index (χ3n) is 1.53. The molecule has 0 radical (unpaired) electrons. The molecule has 0 saturated heterocycles. The van der Waals surface area contributed by atoms with E-state index in [-0.39, 0.29) is 6.61 Å². The van der Waals surface area contributed by atoms with Crippen LogP contribution in [-0.4, -0.2) is 44.7 Å². The summed E-state index contributed by atoms with van der Waals surface area (Å²) in [5.41, 5.74) is 0. The Kier molecular flexibility index (Phi) is 6.48. The van der Waals surface area contributed by atoms with E-state index in [4.69, 9.17) is 0 Å². The third kappa shape index (κ3) is 4.66. The first-order valence-corrected chi connectivity index (χ1v) is 4.35. The molecule has 0 spiro atoms.